The van der Waals surface area contributed by atoms with Crippen molar-refractivity contribution in [1.82, 2.24) is 10.4 Å². The summed E-state index contributed by atoms with van der Waals surface area (Å²) in [7, 11) is -3.76. The Morgan fingerprint density at radius 2 is 1.60 bits per heavy atom. The van der Waals surface area contributed by atoms with Crippen molar-refractivity contribution in [1.29, 1.82) is 5.26 Å². The van der Waals surface area contributed by atoms with Gasteiger partial charge in [0.15, 0.2) is 9.84 Å². The molecule has 0 fully saturated rings. The molecule has 9 nitrogen and oxygen atoms in total. The number of amides is 1. The van der Waals surface area contributed by atoms with Gasteiger partial charge < -0.3 is 5.11 Å². The minimum atomic E-state index is -3.76. The number of benzene rings is 3. The van der Waals surface area contributed by atoms with Gasteiger partial charge in [-0.15, -0.1) is 0 Å². The van der Waals surface area contributed by atoms with Crippen LogP contribution >= 0.6 is 0 Å². The Kier molecular flexibility index (Phi) is 10.2. The Hall–Kier alpha value is -4.85. The maximum Gasteiger partial charge on any atom is 0.303 e. The maximum absolute atomic E-state index is 13.2. The maximum atomic E-state index is 13.2. The molecule has 0 radical (unpaired) electrons. The van der Waals surface area contributed by atoms with E-state index in [9.17, 15) is 23.1 Å². The first-order valence-electron chi connectivity index (χ1n) is 13.3. The summed E-state index contributed by atoms with van der Waals surface area (Å²) in [6, 6.07) is 28.1. The highest BCUT2D eigenvalue weighted by molar-refractivity contribution is 7.91. The van der Waals surface area contributed by atoms with Crippen molar-refractivity contribution in [3.8, 4) is 6.07 Å². The van der Waals surface area contributed by atoms with Gasteiger partial charge in [-0.3, -0.25) is 14.6 Å². The highest BCUT2D eigenvalue weighted by Crippen LogP contribution is 2.26. The van der Waals surface area contributed by atoms with Crippen molar-refractivity contribution >= 4 is 27.9 Å². The SMILES string of the molecule is N#Cc1ccc(C(CC(=O)O)CS(=O)(=O)c2ccc(CCc3ccc(N(C=O)NCc4ccccn4)cc3)cc2)cc1. The number of rotatable bonds is 14. The second-order valence-electron chi connectivity index (χ2n) is 9.75. The molecule has 1 heterocycles. The molecular weight excluding hydrogens is 552 g/mol. The zero-order chi connectivity index (χ0) is 30.0. The number of nitrogens with one attached hydrogen (secondary N) is 1. The van der Waals surface area contributed by atoms with E-state index in [4.69, 9.17) is 5.26 Å². The topological polar surface area (TPSA) is 140 Å². The van der Waals surface area contributed by atoms with Crippen LogP contribution in [0.5, 0.6) is 0 Å². The van der Waals surface area contributed by atoms with Crippen LogP contribution in [0.4, 0.5) is 5.69 Å². The lowest BCUT2D eigenvalue weighted by Crippen LogP contribution is -2.36. The molecule has 4 aromatic rings. The minimum absolute atomic E-state index is 0.131. The van der Waals surface area contributed by atoms with E-state index in [0.29, 0.717) is 42.6 Å². The van der Waals surface area contributed by atoms with E-state index < -0.39 is 21.7 Å². The first-order valence-corrected chi connectivity index (χ1v) is 14.9. The number of hydrazine groups is 1. The molecule has 1 atom stereocenters. The van der Waals surface area contributed by atoms with E-state index in [1.165, 1.54) is 5.01 Å². The molecular formula is C32H30N4O5S. The van der Waals surface area contributed by atoms with Gasteiger partial charge in [0.1, 0.15) is 0 Å². The molecule has 42 heavy (non-hydrogen) atoms. The molecule has 0 saturated carbocycles. The molecule has 1 amide bonds. The molecule has 0 spiro atoms. The number of sulfone groups is 1. The van der Waals surface area contributed by atoms with Gasteiger partial charge in [-0.25, -0.2) is 18.9 Å². The van der Waals surface area contributed by atoms with Crippen LogP contribution in [0.2, 0.25) is 0 Å². The van der Waals surface area contributed by atoms with Crippen molar-refractivity contribution in [2.75, 3.05) is 10.8 Å². The number of hydrogen-bond donors (Lipinski definition) is 2. The molecule has 3 aromatic carbocycles. The Morgan fingerprint density at radius 3 is 2.14 bits per heavy atom. The summed E-state index contributed by atoms with van der Waals surface area (Å²) in [5.41, 5.74) is 7.54. The van der Waals surface area contributed by atoms with Gasteiger partial charge >= 0.3 is 5.97 Å². The van der Waals surface area contributed by atoms with Crippen LogP contribution in [0.1, 0.15) is 40.3 Å². The van der Waals surface area contributed by atoms with E-state index in [2.05, 4.69) is 10.4 Å². The molecule has 1 aromatic heterocycles. The Labute approximate surface area is 245 Å². The number of nitriles is 1. The number of hydrogen-bond acceptors (Lipinski definition) is 7. The van der Waals surface area contributed by atoms with Crippen LogP contribution in [0.3, 0.4) is 0 Å². The number of carbonyl (C=O) groups is 2. The van der Waals surface area contributed by atoms with Crippen molar-refractivity contribution in [3.63, 3.8) is 0 Å². The summed E-state index contributed by atoms with van der Waals surface area (Å²) in [4.78, 5) is 27.4. The van der Waals surface area contributed by atoms with Crippen molar-refractivity contribution in [2.24, 2.45) is 0 Å². The molecule has 0 aliphatic heterocycles. The number of pyridine rings is 1. The predicted octanol–water partition coefficient (Wildman–Crippen LogP) is 4.44. The van der Waals surface area contributed by atoms with E-state index in [1.54, 1.807) is 54.7 Å². The van der Waals surface area contributed by atoms with Crippen LogP contribution < -0.4 is 10.4 Å². The molecule has 214 valence electrons. The Bertz CT molecular complexity index is 1630. The summed E-state index contributed by atoms with van der Waals surface area (Å²) in [5.74, 6) is -2.20. The van der Waals surface area contributed by atoms with Gasteiger partial charge in [-0.2, -0.15) is 5.26 Å². The molecule has 0 aliphatic rings. The monoisotopic (exact) mass is 582 g/mol. The number of nitrogens with zero attached hydrogens (tertiary/aromatic N) is 3. The second-order valence-corrected chi connectivity index (χ2v) is 11.8. The van der Waals surface area contributed by atoms with Crippen LogP contribution in [-0.2, 0) is 38.8 Å². The fraction of sp³-hybridized carbons (Fsp3) is 0.188. The number of aliphatic carboxylic acids is 1. The van der Waals surface area contributed by atoms with Gasteiger partial charge in [0.25, 0.3) is 0 Å². The van der Waals surface area contributed by atoms with E-state index in [1.807, 2.05) is 48.5 Å². The van der Waals surface area contributed by atoms with Gasteiger partial charge in [0.05, 0.1) is 46.6 Å². The van der Waals surface area contributed by atoms with Gasteiger partial charge in [0, 0.05) is 12.1 Å². The van der Waals surface area contributed by atoms with Crippen molar-refractivity contribution < 1.29 is 23.1 Å². The van der Waals surface area contributed by atoms with E-state index in [0.717, 1.165) is 16.8 Å². The zero-order valence-corrected chi connectivity index (χ0v) is 23.6. The Balaban J connectivity index is 1.35. The first kappa shape index (κ1) is 30.1. The molecule has 1 unspecified atom stereocenters. The third-order valence-electron chi connectivity index (χ3n) is 6.81. The number of carboxylic acid groups (broad SMARTS) is 1. The van der Waals surface area contributed by atoms with Crippen molar-refractivity contribution in [3.05, 3.63) is 125 Å². The Morgan fingerprint density at radius 1 is 0.952 bits per heavy atom. The average molecular weight is 583 g/mol. The summed E-state index contributed by atoms with van der Waals surface area (Å²) in [6.07, 6.45) is 3.46. The smallest absolute Gasteiger partial charge is 0.303 e. The fourth-order valence-corrected chi connectivity index (χ4v) is 6.09. The molecule has 0 bridgehead atoms. The predicted molar refractivity (Wildman–Crippen MR) is 158 cm³/mol. The fourth-order valence-electron chi connectivity index (χ4n) is 4.51. The van der Waals surface area contributed by atoms with Crippen LogP contribution in [0.25, 0.3) is 0 Å². The summed E-state index contributed by atoms with van der Waals surface area (Å²) >= 11 is 0. The quantitative estimate of drug-likeness (QED) is 0.164. The molecule has 0 aliphatic carbocycles. The molecule has 2 N–H and O–H groups in total. The average Bonchev–Trinajstić information content (AvgIpc) is 3.01. The lowest BCUT2D eigenvalue weighted by atomic mass is 9.97. The molecule has 10 heteroatoms. The third-order valence-corrected chi connectivity index (χ3v) is 8.65. The van der Waals surface area contributed by atoms with E-state index >= 15 is 0 Å². The third kappa shape index (κ3) is 8.33. The number of carboxylic acids is 1. The van der Waals surface area contributed by atoms with Gasteiger partial charge in [-0.05, 0) is 78.1 Å². The first-order chi connectivity index (χ1) is 20.3. The molecule has 4 rings (SSSR count). The largest absolute Gasteiger partial charge is 0.481 e. The van der Waals surface area contributed by atoms with E-state index in [-0.39, 0.29) is 17.1 Å². The second kappa shape index (κ2) is 14.2. The molecule has 0 saturated heterocycles. The number of anilines is 1. The van der Waals surface area contributed by atoms with Crippen LogP contribution in [0.15, 0.2) is 102 Å². The lowest BCUT2D eigenvalue weighted by Gasteiger charge is -2.18. The zero-order valence-electron chi connectivity index (χ0n) is 22.8. The summed E-state index contributed by atoms with van der Waals surface area (Å²) < 4.78 is 26.3. The minimum Gasteiger partial charge on any atom is -0.481 e. The highest BCUT2D eigenvalue weighted by atomic mass is 32.2. The number of carbonyl (C=O) groups excluding carboxylic acids is 1. The van der Waals surface area contributed by atoms with Crippen LogP contribution in [-0.4, -0.2) is 36.6 Å². The highest BCUT2D eigenvalue weighted by Gasteiger charge is 2.25. The van der Waals surface area contributed by atoms with Crippen molar-refractivity contribution in [2.45, 2.75) is 36.6 Å². The van der Waals surface area contributed by atoms with Crippen LogP contribution in [0, 0.1) is 11.3 Å². The van der Waals surface area contributed by atoms with Gasteiger partial charge in [-0.1, -0.05) is 42.5 Å². The summed E-state index contributed by atoms with van der Waals surface area (Å²) in [5, 5.41) is 19.8. The standard InChI is InChI=1S/C32H30N4O5S/c33-20-26-6-12-27(13-7-26)28(19-32(38)39)22-42(40,41)31-16-10-25(11-17-31)5-4-24-8-14-30(15-9-24)36(23-37)35-21-29-3-1-2-18-34-29/h1-3,6-18,23,28,35H,4-5,19,21-22H2,(H,38,39). The summed E-state index contributed by atoms with van der Waals surface area (Å²) in [6.45, 7) is 0.405. The van der Waals surface area contributed by atoms with Gasteiger partial charge in [0.2, 0.25) is 6.41 Å². The number of aryl methyl sites for hydroxylation is 2. The normalized spacial score (nSPS) is 11.8. The number of aromatic nitrogens is 1. The lowest BCUT2D eigenvalue weighted by molar-refractivity contribution is -0.137.